The Morgan fingerprint density at radius 1 is 1.26 bits per heavy atom. The van der Waals surface area contributed by atoms with Crippen LogP contribution < -0.4 is 15.5 Å². The third-order valence-corrected chi connectivity index (χ3v) is 5.30. The minimum Gasteiger partial charge on any atom is -0.480 e. The number of carboxylic acid groups (broad SMARTS) is 1. The van der Waals surface area contributed by atoms with E-state index in [4.69, 9.17) is 5.11 Å². The Morgan fingerprint density at radius 3 is 2.70 bits per heavy atom. The van der Waals surface area contributed by atoms with E-state index in [1.807, 2.05) is 36.1 Å². The minimum atomic E-state index is -0.840. The van der Waals surface area contributed by atoms with Crippen molar-refractivity contribution in [2.24, 2.45) is 0 Å². The van der Waals surface area contributed by atoms with Crippen LogP contribution in [0.5, 0.6) is 0 Å². The highest BCUT2D eigenvalue weighted by Crippen LogP contribution is 2.27. The Bertz CT molecular complexity index is 717. The molecule has 1 aromatic rings. The molecule has 1 aromatic carbocycles. The largest absolute Gasteiger partial charge is 0.480 e. The summed E-state index contributed by atoms with van der Waals surface area (Å²) in [4.78, 5) is 38.9. The Hall–Kier alpha value is -2.61. The number of likely N-dealkylation sites (N-methyl/N-ethyl adjacent to an activating group) is 1. The predicted molar refractivity (Wildman–Crippen MR) is 101 cm³/mol. The SMILES string of the molecule is CCN(CC(=O)O)C1CC(NC(=O)NCC(=O)N2CCc3ccccc32)C1. The van der Waals surface area contributed by atoms with Crippen LogP contribution >= 0.6 is 0 Å². The summed E-state index contributed by atoms with van der Waals surface area (Å²) in [6, 6.07) is 7.63. The van der Waals surface area contributed by atoms with Gasteiger partial charge >= 0.3 is 12.0 Å². The number of rotatable bonds is 7. The zero-order valence-electron chi connectivity index (χ0n) is 15.5. The molecule has 8 nitrogen and oxygen atoms in total. The van der Waals surface area contributed by atoms with Crippen LogP contribution in [0.2, 0.25) is 0 Å². The molecule has 1 aliphatic carbocycles. The van der Waals surface area contributed by atoms with E-state index in [2.05, 4.69) is 10.6 Å². The summed E-state index contributed by atoms with van der Waals surface area (Å²) in [5.41, 5.74) is 2.07. The first-order valence-electron chi connectivity index (χ1n) is 9.36. The van der Waals surface area contributed by atoms with Gasteiger partial charge in [-0.05, 0) is 37.4 Å². The van der Waals surface area contributed by atoms with E-state index >= 15 is 0 Å². The first-order valence-corrected chi connectivity index (χ1v) is 9.36. The highest BCUT2D eigenvalue weighted by atomic mass is 16.4. The second-order valence-corrected chi connectivity index (χ2v) is 7.03. The standard InChI is InChI=1S/C19H26N4O4/c1-2-22(12-18(25)26)15-9-14(10-15)21-19(27)20-11-17(24)23-8-7-13-5-3-4-6-16(13)23/h3-6,14-15H,2,7-12H2,1H3,(H,25,26)(H2,20,21,27). The third kappa shape index (κ3) is 4.57. The van der Waals surface area contributed by atoms with Crippen LogP contribution in [-0.4, -0.2) is 66.2 Å². The van der Waals surface area contributed by atoms with Gasteiger partial charge in [0.25, 0.3) is 0 Å². The molecule has 1 fully saturated rings. The second-order valence-electron chi connectivity index (χ2n) is 7.03. The Kier molecular flexibility index (Phi) is 5.95. The number of nitrogens with one attached hydrogen (secondary N) is 2. The predicted octanol–water partition coefficient (Wildman–Crippen LogP) is 0.812. The number of carbonyl (C=O) groups excluding carboxylic acids is 2. The summed E-state index contributed by atoms with van der Waals surface area (Å²) in [5, 5.41) is 14.4. The molecule has 0 spiro atoms. The van der Waals surface area contributed by atoms with Gasteiger partial charge in [-0.1, -0.05) is 25.1 Å². The van der Waals surface area contributed by atoms with Crippen LogP contribution in [0, 0.1) is 0 Å². The van der Waals surface area contributed by atoms with E-state index in [0.29, 0.717) is 13.1 Å². The summed E-state index contributed by atoms with van der Waals surface area (Å²) >= 11 is 0. The van der Waals surface area contributed by atoms with Gasteiger partial charge in [-0.25, -0.2) is 4.79 Å². The van der Waals surface area contributed by atoms with E-state index in [1.165, 1.54) is 0 Å². The average Bonchev–Trinajstić information content (AvgIpc) is 3.04. The van der Waals surface area contributed by atoms with E-state index in [-0.39, 0.29) is 37.1 Å². The maximum atomic E-state index is 12.4. The average molecular weight is 374 g/mol. The van der Waals surface area contributed by atoms with Crippen molar-refractivity contribution >= 4 is 23.6 Å². The lowest BCUT2D eigenvalue weighted by molar-refractivity contribution is -0.139. The molecule has 1 saturated carbocycles. The van der Waals surface area contributed by atoms with Gasteiger partial charge in [0, 0.05) is 24.3 Å². The molecule has 0 aromatic heterocycles. The van der Waals surface area contributed by atoms with Crippen molar-refractivity contribution < 1.29 is 19.5 Å². The first-order chi connectivity index (χ1) is 13.0. The molecular formula is C19H26N4O4. The number of anilines is 1. The van der Waals surface area contributed by atoms with Crippen LogP contribution in [-0.2, 0) is 16.0 Å². The molecule has 0 saturated heterocycles. The van der Waals surface area contributed by atoms with Gasteiger partial charge in [-0.3, -0.25) is 14.5 Å². The number of carboxylic acids is 1. The third-order valence-electron chi connectivity index (χ3n) is 5.30. The van der Waals surface area contributed by atoms with E-state index in [0.717, 1.165) is 30.5 Å². The number of aliphatic carboxylic acids is 1. The molecule has 146 valence electrons. The number of benzene rings is 1. The Morgan fingerprint density at radius 2 is 2.00 bits per heavy atom. The van der Waals surface area contributed by atoms with Crippen molar-refractivity contribution in [1.82, 2.24) is 15.5 Å². The first kappa shape index (κ1) is 19.2. The quantitative estimate of drug-likeness (QED) is 0.656. The van der Waals surface area contributed by atoms with Crippen LogP contribution in [0.15, 0.2) is 24.3 Å². The summed E-state index contributed by atoms with van der Waals surface area (Å²) in [6.45, 7) is 3.21. The van der Waals surface area contributed by atoms with Gasteiger partial charge in [-0.15, -0.1) is 0 Å². The number of amides is 3. The zero-order valence-corrected chi connectivity index (χ0v) is 15.5. The van der Waals surface area contributed by atoms with E-state index in [9.17, 15) is 14.4 Å². The molecule has 2 aliphatic rings. The number of nitrogens with zero attached hydrogens (tertiary/aromatic N) is 2. The monoisotopic (exact) mass is 374 g/mol. The maximum absolute atomic E-state index is 12.4. The molecule has 3 rings (SSSR count). The topological polar surface area (TPSA) is 102 Å². The summed E-state index contributed by atoms with van der Waals surface area (Å²) in [5.74, 6) is -0.965. The molecule has 0 unspecified atom stereocenters. The second kappa shape index (κ2) is 8.39. The van der Waals surface area contributed by atoms with Gasteiger partial charge in [0.1, 0.15) is 0 Å². The molecule has 1 heterocycles. The van der Waals surface area contributed by atoms with Gasteiger partial charge in [0.2, 0.25) is 5.91 Å². The number of hydrogen-bond acceptors (Lipinski definition) is 4. The molecule has 8 heteroatoms. The van der Waals surface area contributed by atoms with Crippen LogP contribution in [0.4, 0.5) is 10.5 Å². The number of urea groups is 1. The van der Waals surface area contributed by atoms with Crippen molar-refractivity contribution in [2.45, 2.75) is 38.3 Å². The van der Waals surface area contributed by atoms with Gasteiger partial charge in [0.05, 0.1) is 13.1 Å². The fourth-order valence-electron chi connectivity index (χ4n) is 3.76. The summed E-state index contributed by atoms with van der Waals surface area (Å²) in [7, 11) is 0. The van der Waals surface area contributed by atoms with Crippen molar-refractivity contribution in [3.8, 4) is 0 Å². The fourth-order valence-corrected chi connectivity index (χ4v) is 3.76. The normalized spacial score (nSPS) is 20.7. The highest BCUT2D eigenvalue weighted by Gasteiger charge is 2.34. The van der Waals surface area contributed by atoms with E-state index in [1.54, 1.807) is 4.90 Å². The molecule has 0 atom stereocenters. The lowest BCUT2D eigenvalue weighted by atomic mass is 9.85. The number of hydrogen-bond donors (Lipinski definition) is 3. The van der Waals surface area contributed by atoms with Gasteiger partial charge < -0.3 is 20.6 Å². The van der Waals surface area contributed by atoms with Gasteiger partial charge in [-0.2, -0.15) is 0 Å². The Labute approximate surface area is 158 Å². The van der Waals surface area contributed by atoms with Gasteiger partial charge in [0.15, 0.2) is 0 Å². The lowest BCUT2D eigenvalue weighted by Crippen LogP contribution is -2.56. The molecular weight excluding hydrogens is 348 g/mol. The number of para-hydroxylation sites is 1. The zero-order chi connectivity index (χ0) is 19.4. The van der Waals surface area contributed by atoms with Crippen LogP contribution in [0.1, 0.15) is 25.3 Å². The molecule has 3 N–H and O–H groups in total. The highest BCUT2D eigenvalue weighted by molar-refractivity contribution is 5.98. The fraction of sp³-hybridized carbons (Fsp3) is 0.526. The minimum absolute atomic E-state index is 0.0143. The maximum Gasteiger partial charge on any atom is 0.317 e. The number of fused-ring (bicyclic) bond motifs is 1. The van der Waals surface area contributed by atoms with Crippen molar-refractivity contribution in [3.05, 3.63) is 29.8 Å². The Balaban J connectivity index is 1.39. The summed E-state index contributed by atoms with van der Waals surface area (Å²) < 4.78 is 0. The van der Waals surface area contributed by atoms with Crippen LogP contribution in [0.3, 0.4) is 0 Å². The molecule has 0 bridgehead atoms. The van der Waals surface area contributed by atoms with Crippen LogP contribution in [0.25, 0.3) is 0 Å². The molecule has 0 radical (unpaired) electrons. The van der Waals surface area contributed by atoms with Crippen molar-refractivity contribution in [2.75, 3.05) is 31.1 Å². The molecule has 3 amide bonds. The van der Waals surface area contributed by atoms with Crippen molar-refractivity contribution in [1.29, 1.82) is 0 Å². The molecule has 1 aliphatic heterocycles. The smallest absolute Gasteiger partial charge is 0.317 e. The number of carbonyl (C=O) groups is 3. The summed E-state index contributed by atoms with van der Waals surface area (Å²) in [6.07, 6.45) is 2.28. The van der Waals surface area contributed by atoms with E-state index < -0.39 is 5.97 Å². The lowest BCUT2D eigenvalue weighted by Gasteiger charge is -2.42. The van der Waals surface area contributed by atoms with Crippen molar-refractivity contribution in [3.63, 3.8) is 0 Å². The molecule has 27 heavy (non-hydrogen) atoms.